The Labute approximate surface area is 108 Å². The molecule has 0 saturated heterocycles. The molecule has 17 heavy (non-hydrogen) atoms. The van der Waals surface area contributed by atoms with Gasteiger partial charge in [-0.15, -0.1) is 11.8 Å². The molecule has 98 valence electrons. The molecule has 0 aliphatic carbocycles. The van der Waals surface area contributed by atoms with Gasteiger partial charge in [-0.3, -0.25) is 0 Å². The summed E-state index contributed by atoms with van der Waals surface area (Å²) in [7, 11) is 0. The van der Waals surface area contributed by atoms with Crippen molar-refractivity contribution in [3.8, 4) is 0 Å². The predicted octanol–water partition coefficient (Wildman–Crippen LogP) is 3.29. The van der Waals surface area contributed by atoms with Crippen molar-refractivity contribution in [3.05, 3.63) is 11.7 Å². The highest BCUT2D eigenvalue weighted by molar-refractivity contribution is 7.99. The Kier molecular flexibility index (Phi) is 5.46. The van der Waals surface area contributed by atoms with Crippen molar-refractivity contribution < 1.29 is 4.52 Å². The standard InChI is InChI=1S/C12H23N3OS/c1-5-6-7-9(13)11-14-10(15-16-11)8-17-12(2,3)4/h9H,5-8,13H2,1-4H3/t9-/m0/s1. The largest absolute Gasteiger partial charge is 0.338 e. The molecule has 1 aromatic heterocycles. The molecule has 5 heteroatoms. The number of rotatable bonds is 6. The second kappa shape index (κ2) is 6.40. The molecule has 1 aromatic rings. The van der Waals surface area contributed by atoms with E-state index in [1.54, 1.807) is 11.8 Å². The average Bonchev–Trinajstić information content (AvgIpc) is 2.70. The fraction of sp³-hybridized carbons (Fsp3) is 0.833. The first-order valence-corrected chi connectivity index (χ1v) is 7.13. The third-order valence-electron chi connectivity index (χ3n) is 2.30. The highest BCUT2D eigenvalue weighted by atomic mass is 32.2. The van der Waals surface area contributed by atoms with E-state index in [9.17, 15) is 0 Å². The van der Waals surface area contributed by atoms with Crippen LogP contribution in [0.15, 0.2) is 4.52 Å². The fourth-order valence-electron chi connectivity index (χ4n) is 1.31. The van der Waals surface area contributed by atoms with Crippen molar-refractivity contribution in [2.75, 3.05) is 0 Å². The van der Waals surface area contributed by atoms with Gasteiger partial charge in [0.1, 0.15) is 0 Å². The van der Waals surface area contributed by atoms with Gasteiger partial charge < -0.3 is 10.3 Å². The van der Waals surface area contributed by atoms with Crippen LogP contribution in [0.4, 0.5) is 0 Å². The Bertz CT molecular complexity index is 333. The molecule has 0 aliphatic rings. The van der Waals surface area contributed by atoms with E-state index in [4.69, 9.17) is 10.3 Å². The van der Waals surface area contributed by atoms with Crippen LogP contribution in [0.1, 0.15) is 64.7 Å². The molecule has 4 nitrogen and oxygen atoms in total. The maximum atomic E-state index is 5.97. The zero-order valence-corrected chi connectivity index (χ0v) is 12.0. The summed E-state index contributed by atoms with van der Waals surface area (Å²) in [6.45, 7) is 8.66. The molecule has 0 amide bonds. The first-order valence-electron chi connectivity index (χ1n) is 6.14. The van der Waals surface area contributed by atoms with E-state index >= 15 is 0 Å². The summed E-state index contributed by atoms with van der Waals surface area (Å²) in [5, 5.41) is 3.96. The second-order valence-electron chi connectivity index (χ2n) is 5.20. The highest BCUT2D eigenvalue weighted by Crippen LogP contribution is 2.26. The van der Waals surface area contributed by atoms with E-state index in [1.807, 2.05) is 0 Å². The summed E-state index contributed by atoms with van der Waals surface area (Å²) in [4.78, 5) is 4.34. The molecular formula is C12H23N3OS. The Morgan fingerprint density at radius 2 is 2.12 bits per heavy atom. The number of thioether (sulfide) groups is 1. The van der Waals surface area contributed by atoms with Crippen LogP contribution in [0.25, 0.3) is 0 Å². The maximum absolute atomic E-state index is 5.97. The normalized spacial score (nSPS) is 13.9. The van der Waals surface area contributed by atoms with Crippen molar-refractivity contribution in [1.29, 1.82) is 0 Å². The van der Waals surface area contributed by atoms with E-state index in [2.05, 4.69) is 37.8 Å². The van der Waals surface area contributed by atoms with E-state index in [-0.39, 0.29) is 10.8 Å². The summed E-state index contributed by atoms with van der Waals surface area (Å²) < 4.78 is 5.40. The molecule has 0 saturated carbocycles. The molecule has 0 fully saturated rings. The smallest absolute Gasteiger partial charge is 0.243 e. The van der Waals surface area contributed by atoms with Gasteiger partial charge in [0.15, 0.2) is 5.82 Å². The fourth-order valence-corrected chi connectivity index (χ4v) is 1.98. The van der Waals surface area contributed by atoms with Gasteiger partial charge in [0, 0.05) is 4.75 Å². The molecule has 0 unspecified atom stereocenters. The Hall–Kier alpha value is -0.550. The van der Waals surface area contributed by atoms with Crippen molar-refractivity contribution in [2.45, 2.75) is 63.5 Å². The molecular weight excluding hydrogens is 234 g/mol. The minimum absolute atomic E-state index is 0.115. The van der Waals surface area contributed by atoms with Gasteiger partial charge in [0.2, 0.25) is 5.89 Å². The molecule has 0 radical (unpaired) electrons. The lowest BCUT2D eigenvalue weighted by atomic mass is 10.1. The first-order chi connectivity index (χ1) is 7.92. The lowest BCUT2D eigenvalue weighted by molar-refractivity contribution is 0.343. The van der Waals surface area contributed by atoms with Gasteiger partial charge in [-0.25, -0.2) is 0 Å². The number of aromatic nitrogens is 2. The van der Waals surface area contributed by atoms with Crippen LogP contribution >= 0.6 is 11.8 Å². The van der Waals surface area contributed by atoms with Gasteiger partial charge in [-0.1, -0.05) is 45.7 Å². The molecule has 2 N–H and O–H groups in total. The summed E-state index contributed by atoms with van der Waals surface area (Å²) in [6.07, 6.45) is 3.13. The van der Waals surface area contributed by atoms with Gasteiger partial charge >= 0.3 is 0 Å². The van der Waals surface area contributed by atoms with Crippen LogP contribution in [0.5, 0.6) is 0 Å². The van der Waals surface area contributed by atoms with E-state index in [1.165, 1.54) is 0 Å². The molecule has 1 heterocycles. The van der Waals surface area contributed by atoms with E-state index < -0.39 is 0 Å². The van der Waals surface area contributed by atoms with Crippen molar-refractivity contribution >= 4 is 11.8 Å². The third kappa shape index (κ3) is 5.55. The van der Waals surface area contributed by atoms with Crippen molar-refractivity contribution in [2.24, 2.45) is 5.73 Å². The summed E-state index contributed by atoms with van der Waals surface area (Å²) in [5.41, 5.74) is 5.97. The molecule has 1 atom stereocenters. The van der Waals surface area contributed by atoms with Crippen LogP contribution in [-0.4, -0.2) is 14.9 Å². The maximum Gasteiger partial charge on any atom is 0.243 e. The Balaban J connectivity index is 2.47. The highest BCUT2D eigenvalue weighted by Gasteiger charge is 2.16. The van der Waals surface area contributed by atoms with E-state index in [0.717, 1.165) is 30.8 Å². The molecule has 0 spiro atoms. The molecule has 0 bridgehead atoms. The number of nitrogens with zero attached hydrogens (tertiary/aromatic N) is 2. The van der Waals surface area contributed by atoms with Crippen LogP contribution in [-0.2, 0) is 5.75 Å². The SMILES string of the molecule is CCCC[C@H](N)c1nc(CSC(C)(C)C)no1. The Morgan fingerprint density at radius 1 is 1.41 bits per heavy atom. The van der Waals surface area contributed by atoms with Gasteiger partial charge in [-0.2, -0.15) is 4.98 Å². The summed E-state index contributed by atoms with van der Waals surface area (Å²) in [5.74, 6) is 2.09. The van der Waals surface area contributed by atoms with Crippen LogP contribution in [0.2, 0.25) is 0 Å². The quantitative estimate of drug-likeness (QED) is 0.847. The molecule has 0 aromatic carbocycles. The zero-order chi connectivity index (χ0) is 12.9. The van der Waals surface area contributed by atoms with E-state index in [0.29, 0.717) is 5.89 Å². The predicted molar refractivity (Wildman–Crippen MR) is 71.8 cm³/mol. The van der Waals surface area contributed by atoms with Crippen LogP contribution < -0.4 is 5.73 Å². The van der Waals surface area contributed by atoms with Gasteiger partial charge in [0.05, 0.1) is 11.8 Å². The molecule has 1 rings (SSSR count). The number of unbranched alkanes of at least 4 members (excludes halogenated alkanes) is 1. The van der Waals surface area contributed by atoms with Crippen molar-refractivity contribution in [1.82, 2.24) is 10.1 Å². The van der Waals surface area contributed by atoms with Crippen LogP contribution in [0.3, 0.4) is 0 Å². The Morgan fingerprint density at radius 3 is 2.71 bits per heavy atom. The van der Waals surface area contributed by atoms with Gasteiger partial charge in [-0.05, 0) is 6.42 Å². The topological polar surface area (TPSA) is 64.9 Å². The zero-order valence-electron chi connectivity index (χ0n) is 11.2. The lowest BCUT2D eigenvalue weighted by Gasteiger charge is -2.15. The van der Waals surface area contributed by atoms with Gasteiger partial charge in [0.25, 0.3) is 0 Å². The lowest BCUT2D eigenvalue weighted by Crippen LogP contribution is -2.11. The summed E-state index contributed by atoms with van der Waals surface area (Å²) in [6, 6.07) is -0.115. The first kappa shape index (κ1) is 14.5. The summed E-state index contributed by atoms with van der Waals surface area (Å²) >= 11 is 1.80. The average molecular weight is 257 g/mol. The minimum atomic E-state index is -0.115. The molecule has 0 aliphatic heterocycles. The third-order valence-corrected chi connectivity index (χ3v) is 3.57. The number of hydrogen-bond acceptors (Lipinski definition) is 5. The minimum Gasteiger partial charge on any atom is -0.338 e. The number of hydrogen-bond donors (Lipinski definition) is 1. The van der Waals surface area contributed by atoms with Crippen LogP contribution in [0, 0.1) is 0 Å². The van der Waals surface area contributed by atoms with Crippen molar-refractivity contribution in [3.63, 3.8) is 0 Å². The second-order valence-corrected chi connectivity index (χ2v) is 7.00. The number of nitrogens with two attached hydrogens (primary N) is 1. The monoisotopic (exact) mass is 257 g/mol.